The molecule has 0 unspecified atom stereocenters. The van der Waals surface area contributed by atoms with E-state index >= 15 is 0 Å². The van der Waals surface area contributed by atoms with Gasteiger partial charge in [-0.05, 0) is 76.2 Å². The topological polar surface area (TPSA) is 84.5 Å². The van der Waals surface area contributed by atoms with Crippen LogP contribution < -0.4 is 15.4 Å². The Morgan fingerprint density at radius 3 is 2.34 bits per heavy atom. The normalized spacial score (nSPS) is 10.9. The van der Waals surface area contributed by atoms with Crippen LogP contribution in [0.25, 0.3) is 0 Å². The van der Waals surface area contributed by atoms with Gasteiger partial charge in [0.15, 0.2) is 14.9 Å². The summed E-state index contributed by atoms with van der Waals surface area (Å²) in [6.45, 7) is 0.514. The Morgan fingerprint density at radius 1 is 1.03 bits per heavy atom. The summed E-state index contributed by atoms with van der Waals surface area (Å²) in [4.78, 5) is 12.7. The van der Waals surface area contributed by atoms with Crippen molar-refractivity contribution in [3.05, 3.63) is 88.4 Å². The van der Waals surface area contributed by atoms with Gasteiger partial charge >= 0.3 is 0 Å². The SMILES string of the molecule is CS(=O)(=O)c1ccc(NC(=S)NC(=O)c2ccc(OCCc3ccccc3)c(Br)c2)cc1. The van der Waals surface area contributed by atoms with Crippen LogP contribution in [0.5, 0.6) is 5.75 Å². The van der Waals surface area contributed by atoms with E-state index in [0.29, 0.717) is 28.1 Å². The zero-order valence-electron chi connectivity index (χ0n) is 17.2. The second kappa shape index (κ2) is 10.7. The molecule has 166 valence electrons. The summed E-state index contributed by atoms with van der Waals surface area (Å²) < 4.78 is 29.5. The third-order valence-corrected chi connectivity index (χ3v) is 6.40. The summed E-state index contributed by atoms with van der Waals surface area (Å²) >= 11 is 8.63. The van der Waals surface area contributed by atoms with Crippen molar-refractivity contribution in [3.63, 3.8) is 0 Å². The van der Waals surface area contributed by atoms with Crippen molar-refractivity contribution < 1.29 is 17.9 Å². The Bertz CT molecular complexity index is 1210. The first-order chi connectivity index (χ1) is 15.2. The zero-order chi connectivity index (χ0) is 23.1. The predicted octanol–water partition coefficient (Wildman–Crippen LogP) is 4.60. The van der Waals surface area contributed by atoms with E-state index < -0.39 is 9.84 Å². The van der Waals surface area contributed by atoms with Crippen LogP contribution in [0, 0.1) is 0 Å². The number of hydrogen-bond donors (Lipinski definition) is 2. The summed E-state index contributed by atoms with van der Waals surface area (Å²) in [5.74, 6) is 0.260. The number of benzene rings is 3. The van der Waals surface area contributed by atoms with Gasteiger partial charge in [0.25, 0.3) is 5.91 Å². The summed E-state index contributed by atoms with van der Waals surface area (Å²) in [6.07, 6.45) is 1.92. The zero-order valence-corrected chi connectivity index (χ0v) is 20.4. The molecule has 32 heavy (non-hydrogen) atoms. The highest BCUT2D eigenvalue weighted by atomic mass is 79.9. The first kappa shape index (κ1) is 23.9. The highest BCUT2D eigenvalue weighted by molar-refractivity contribution is 9.10. The largest absolute Gasteiger partial charge is 0.492 e. The Hall–Kier alpha value is -2.75. The summed E-state index contributed by atoms with van der Waals surface area (Å²) in [6, 6.07) is 21.2. The van der Waals surface area contributed by atoms with E-state index in [9.17, 15) is 13.2 Å². The number of sulfone groups is 1. The molecule has 0 aliphatic heterocycles. The van der Waals surface area contributed by atoms with Crippen LogP contribution in [0.1, 0.15) is 15.9 Å². The number of hydrogen-bond acceptors (Lipinski definition) is 5. The van der Waals surface area contributed by atoms with Crippen molar-refractivity contribution >= 4 is 54.7 Å². The molecule has 0 aliphatic rings. The number of anilines is 1. The lowest BCUT2D eigenvalue weighted by Gasteiger charge is -2.12. The van der Waals surface area contributed by atoms with E-state index in [2.05, 4.69) is 26.6 Å². The number of ether oxygens (including phenoxy) is 1. The summed E-state index contributed by atoms with van der Waals surface area (Å²) in [5.41, 5.74) is 2.15. The van der Waals surface area contributed by atoms with Crippen LogP contribution in [0.4, 0.5) is 5.69 Å². The number of rotatable bonds is 7. The van der Waals surface area contributed by atoms with Gasteiger partial charge in [-0.2, -0.15) is 0 Å². The van der Waals surface area contributed by atoms with Gasteiger partial charge in [0.05, 0.1) is 16.0 Å². The maximum Gasteiger partial charge on any atom is 0.257 e. The first-order valence-corrected chi connectivity index (χ1v) is 12.7. The van der Waals surface area contributed by atoms with E-state index in [1.807, 2.05) is 30.3 Å². The second-order valence-corrected chi connectivity index (χ2v) is 10.2. The van der Waals surface area contributed by atoms with Gasteiger partial charge in [-0.1, -0.05) is 30.3 Å². The molecule has 0 aliphatic carbocycles. The fourth-order valence-corrected chi connectivity index (χ4v) is 4.14. The van der Waals surface area contributed by atoms with Crippen molar-refractivity contribution in [3.8, 4) is 5.75 Å². The molecular formula is C23H21BrN2O4S2. The smallest absolute Gasteiger partial charge is 0.257 e. The van der Waals surface area contributed by atoms with E-state index in [4.69, 9.17) is 17.0 Å². The number of halogens is 1. The van der Waals surface area contributed by atoms with E-state index in [1.165, 1.54) is 17.7 Å². The predicted molar refractivity (Wildman–Crippen MR) is 133 cm³/mol. The molecule has 6 nitrogen and oxygen atoms in total. The van der Waals surface area contributed by atoms with Gasteiger partial charge in [-0.3, -0.25) is 10.1 Å². The summed E-state index contributed by atoms with van der Waals surface area (Å²) in [7, 11) is -3.28. The minimum Gasteiger partial charge on any atom is -0.492 e. The number of thiocarbonyl (C=S) groups is 1. The van der Waals surface area contributed by atoms with Gasteiger partial charge in [-0.15, -0.1) is 0 Å². The minimum absolute atomic E-state index is 0.0985. The monoisotopic (exact) mass is 532 g/mol. The van der Waals surface area contributed by atoms with Crippen LogP contribution >= 0.6 is 28.1 Å². The molecule has 0 saturated carbocycles. The maximum absolute atomic E-state index is 12.5. The lowest BCUT2D eigenvalue weighted by Crippen LogP contribution is -2.34. The average Bonchev–Trinajstić information content (AvgIpc) is 2.75. The molecule has 3 aromatic rings. The van der Waals surface area contributed by atoms with E-state index in [1.54, 1.807) is 30.3 Å². The van der Waals surface area contributed by atoms with E-state index in [-0.39, 0.29) is 15.9 Å². The van der Waals surface area contributed by atoms with Crippen LogP contribution in [-0.4, -0.2) is 32.3 Å². The molecule has 0 atom stereocenters. The average molecular weight is 533 g/mol. The number of nitrogens with one attached hydrogen (secondary N) is 2. The molecule has 0 spiro atoms. The van der Waals surface area contributed by atoms with Crippen LogP contribution in [0.15, 0.2) is 82.2 Å². The fourth-order valence-electron chi connectivity index (χ4n) is 2.81. The molecule has 2 N–H and O–H groups in total. The van der Waals surface area contributed by atoms with Crippen LogP contribution in [0.2, 0.25) is 0 Å². The van der Waals surface area contributed by atoms with Crippen molar-refractivity contribution in [1.29, 1.82) is 0 Å². The number of amides is 1. The lowest BCUT2D eigenvalue weighted by atomic mass is 10.2. The minimum atomic E-state index is -3.28. The number of carbonyl (C=O) groups is 1. The van der Waals surface area contributed by atoms with Crippen molar-refractivity contribution in [2.75, 3.05) is 18.2 Å². The van der Waals surface area contributed by atoms with Gasteiger partial charge in [0, 0.05) is 23.9 Å². The molecule has 3 aromatic carbocycles. The third kappa shape index (κ3) is 6.88. The summed E-state index contributed by atoms with van der Waals surface area (Å²) in [5, 5.41) is 5.56. The van der Waals surface area contributed by atoms with E-state index in [0.717, 1.165) is 12.7 Å². The highest BCUT2D eigenvalue weighted by Gasteiger charge is 2.12. The first-order valence-electron chi connectivity index (χ1n) is 9.61. The van der Waals surface area contributed by atoms with Crippen LogP contribution in [-0.2, 0) is 16.3 Å². The number of carbonyl (C=O) groups excluding carboxylic acids is 1. The molecule has 3 rings (SSSR count). The van der Waals surface area contributed by atoms with Crippen molar-refractivity contribution in [1.82, 2.24) is 5.32 Å². The Balaban J connectivity index is 1.54. The second-order valence-electron chi connectivity index (χ2n) is 6.93. The third-order valence-electron chi connectivity index (χ3n) is 4.45. The maximum atomic E-state index is 12.5. The molecule has 0 aromatic heterocycles. The fraction of sp³-hybridized carbons (Fsp3) is 0.130. The van der Waals surface area contributed by atoms with Gasteiger partial charge in [0.1, 0.15) is 5.75 Å². The van der Waals surface area contributed by atoms with Crippen LogP contribution in [0.3, 0.4) is 0 Å². The Morgan fingerprint density at radius 2 is 1.72 bits per heavy atom. The van der Waals surface area contributed by atoms with Gasteiger partial charge in [0.2, 0.25) is 0 Å². The molecule has 0 bridgehead atoms. The van der Waals surface area contributed by atoms with Crippen molar-refractivity contribution in [2.24, 2.45) is 0 Å². The molecule has 9 heteroatoms. The molecule has 0 radical (unpaired) electrons. The Kier molecular flexibility index (Phi) is 8.00. The molecule has 0 fully saturated rings. The molecular weight excluding hydrogens is 512 g/mol. The molecule has 1 amide bonds. The van der Waals surface area contributed by atoms with Crippen molar-refractivity contribution in [2.45, 2.75) is 11.3 Å². The Labute approximate surface area is 201 Å². The molecule has 0 saturated heterocycles. The standard InChI is InChI=1S/C23H21BrN2O4S2/c1-32(28,29)19-10-8-18(9-11-19)25-23(31)26-22(27)17-7-12-21(20(24)15-17)30-14-13-16-5-3-2-4-6-16/h2-12,15H,13-14H2,1H3,(H2,25,26,27,31). The van der Waals surface area contributed by atoms with Gasteiger partial charge < -0.3 is 10.1 Å². The quantitative estimate of drug-likeness (QED) is 0.432. The lowest BCUT2D eigenvalue weighted by molar-refractivity contribution is 0.0977. The highest BCUT2D eigenvalue weighted by Crippen LogP contribution is 2.26. The van der Waals surface area contributed by atoms with Gasteiger partial charge in [-0.25, -0.2) is 8.42 Å². The molecule has 0 heterocycles.